The van der Waals surface area contributed by atoms with E-state index in [0.717, 1.165) is 18.8 Å². The first-order chi connectivity index (χ1) is 9.58. The number of ether oxygens (including phenoxy) is 2. The van der Waals surface area contributed by atoms with Gasteiger partial charge in [0, 0.05) is 19.1 Å². The van der Waals surface area contributed by atoms with E-state index in [1.807, 2.05) is 11.8 Å². The number of hydrogen-bond donors (Lipinski definition) is 1. The van der Waals surface area contributed by atoms with Crippen molar-refractivity contribution in [2.24, 2.45) is 11.7 Å². The second kappa shape index (κ2) is 6.72. The van der Waals surface area contributed by atoms with Gasteiger partial charge in [0.1, 0.15) is 11.5 Å². The van der Waals surface area contributed by atoms with Gasteiger partial charge in [-0.1, -0.05) is 6.92 Å². The van der Waals surface area contributed by atoms with Crippen LogP contribution < -0.4 is 15.2 Å². The van der Waals surface area contributed by atoms with E-state index < -0.39 is 0 Å². The van der Waals surface area contributed by atoms with Gasteiger partial charge in [-0.15, -0.1) is 0 Å². The molecule has 0 radical (unpaired) electrons. The normalized spacial score (nSPS) is 22.8. The zero-order valence-corrected chi connectivity index (χ0v) is 12.0. The molecule has 1 aliphatic heterocycles. The van der Waals surface area contributed by atoms with Crippen molar-refractivity contribution in [2.75, 3.05) is 26.2 Å². The van der Waals surface area contributed by atoms with Gasteiger partial charge in [-0.2, -0.15) is 0 Å². The predicted octanol–water partition coefficient (Wildman–Crippen LogP) is 1.27. The monoisotopic (exact) mass is 278 g/mol. The molecule has 1 heterocycles. The molecule has 0 amide bonds. The maximum Gasteiger partial charge on any atom is 0.325 e. The zero-order valence-electron chi connectivity index (χ0n) is 12.0. The first-order valence-electron chi connectivity index (χ1n) is 7.00. The maximum atomic E-state index is 11.9. The number of likely N-dealkylation sites (tertiary alicyclic amines) is 1. The highest BCUT2D eigenvalue weighted by Gasteiger charge is 2.28. The van der Waals surface area contributed by atoms with Crippen molar-refractivity contribution >= 4 is 5.97 Å². The van der Waals surface area contributed by atoms with Gasteiger partial charge in [0.15, 0.2) is 0 Å². The van der Waals surface area contributed by atoms with Gasteiger partial charge in [0.25, 0.3) is 0 Å². The Balaban J connectivity index is 1.82. The van der Waals surface area contributed by atoms with Crippen molar-refractivity contribution in [2.45, 2.75) is 19.9 Å². The summed E-state index contributed by atoms with van der Waals surface area (Å²) in [7, 11) is 0. The van der Waals surface area contributed by atoms with Crippen LogP contribution in [-0.4, -0.2) is 43.2 Å². The zero-order chi connectivity index (χ0) is 14.5. The van der Waals surface area contributed by atoms with Crippen molar-refractivity contribution in [1.82, 2.24) is 4.90 Å². The van der Waals surface area contributed by atoms with Gasteiger partial charge in [-0.3, -0.25) is 9.69 Å². The lowest BCUT2D eigenvalue weighted by Gasteiger charge is -2.14. The molecule has 5 nitrogen and oxygen atoms in total. The Bertz CT molecular complexity index is 437. The molecule has 1 aromatic carbocycles. The van der Waals surface area contributed by atoms with Gasteiger partial charge in [-0.05, 0) is 37.1 Å². The van der Waals surface area contributed by atoms with Gasteiger partial charge < -0.3 is 15.2 Å². The number of rotatable bonds is 5. The van der Waals surface area contributed by atoms with Crippen molar-refractivity contribution in [3.63, 3.8) is 0 Å². The summed E-state index contributed by atoms with van der Waals surface area (Å²) >= 11 is 0. The summed E-state index contributed by atoms with van der Waals surface area (Å²) in [5, 5.41) is 0. The third-order valence-corrected chi connectivity index (χ3v) is 3.47. The Morgan fingerprint density at radius 3 is 2.50 bits per heavy atom. The molecular weight excluding hydrogens is 256 g/mol. The highest BCUT2D eigenvalue weighted by molar-refractivity contribution is 5.74. The third kappa shape index (κ3) is 3.95. The third-order valence-electron chi connectivity index (χ3n) is 3.47. The summed E-state index contributed by atoms with van der Waals surface area (Å²) in [5.74, 6) is 1.48. The average Bonchev–Trinajstić information content (AvgIpc) is 2.71. The highest BCUT2D eigenvalue weighted by atomic mass is 16.5. The fourth-order valence-electron chi connectivity index (χ4n) is 2.34. The molecule has 1 aromatic rings. The molecule has 5 heteroatoms. The van der Waals surface area contributed by atoms with Crippen molar-refractivity contribution < 1.29 is 14.3 Å². The van der Waals surface area contributed by atoms with Crippen molar-refractivity contribution in [3.05, 3.63) is 24.3 Å². The van der Waals surface area contributed by atoms with E-state index >= 15 is 0 Å². The molecule has 0 aromatic heterocycles. The van der Waals surface area contributed by atoms with Gasteiger partial charge in [-0.25, -0.2) is 0 Å². The molecule has 2 N–H and O–H groups in total. The summed E-state index contributed by atoms with van der Waals surface area (Å²) in [4.78, 5) is 13.9. The molecule has 1 aliphatic rings. The van der Waals surface area contributed by atoms with E-state index in [9.17, 15) is 4.79 Å². The van der Waals surface area contributed by atoms with Crippen LogP contribution in [-0.2, 0) is 4.79 Å². The summed E-state index contributed by atoms with van der Waals surface area (Å²) in [5.41, 5.74) is 5.93. The summed E-state index contributed by atoms with van der Waals surface area (Å²) in [6, 6.07) is 7.20. The molecule has 1 fully saturated rings. The van der Waals surface area contributed by atoms with Gasteiger partial charge in [0.2, 0.25) is 0 Å². The Labute approximate surface area is 119 Å². The van der Waals surface area contributed by atoms with Crippen LogP contribution in [0.15, 0.2) is 24.3 Å². The molecule has 2 rings (SSSR count). The van der Waals surface area contributed by atoms with Crippen molar-refractivity contribution in [3.8, 4) is 11.5 Å². The molecule has 1 saturated heterocycles. The van der Waals surface area contributed by atoms with E-state index in [1.54, 1.807) is 24.3 Å². The maximum absolute atomic E-state index is 11.9. The summed E-state index contributed by atoms with van der Waals surface area (Å²) < 4.78 is 10.6. The number of nitrogens with zero attached hydrogens (tertiary/aromatic N) is 1. The minimum Gasteiger partial charge on any atom is -0.494 e. The standard InChI is InChI=1S/C15H22N2O3/c1-3-19-12-4-6-13(7-5-12)20-15(18)10-17-8-11(2)14(16)9-17/h4-7,11,14H,3,8-10,16H2,1-2H3. The summed E-state index contributed by atoms with van der Waals surface area (Å²) in [6.45, 7) is 6.52. The molecule has 20 heavy (non-hydrogen) atoms. The summed E-state index contributed by atoms with van der Waals surface area (Å²) in [6.07, 6.45) is 0. The number of benzene rings is 1. The number of nitrogens with two attached hydrogens (primary N) is 1. The predicted molar refractivity (Wildman–Crippen MR) is 76.8 cm³/mol. The van der Waals surface area contributed by atoms with E-state index in [1.165, 1.54) is 0 Å². The van der Waals surface area contributed by atoms with Crippen LogP contribution in [0.25, 0.3) is 0 Å². The number of esters is 1. The molecule has 2 atom stereocenters. The molecule has 2 unspecified atom stereocenters. The van der Waals surface area contributed by atoms with Crippen LogP contribution in [0, 0.1) is 5.92 Å². The largest absolute Gasteiger partial charge is 0.494 e. The lowest BCUT2D eigenvalue weighted by atomic mass is 10.1. The molecule has 110 valence electrons. The van der Waals surface area contributed by atoms with E-state index in [2.05, 4.69) is 6.92 Å². The average molecular weight is 278 g/mol. The Morgan fingerprint density at radius 2 is 1.95 bits per heavy atom. The van der Waals surface area contributed by atoms with Gasteiger partial charge in [0.05, 0.1) is 13.2 Å². The van der Waals surface area contributed by atoms with E-state index in [4.69, 9.17) is 15.2 Å². The fourth-order valence-corrected chi connectivity index (χ4v) is 2.34. The first-order valence-corrected chi connectivity index (χ1v) is 7.00. The molecule has 0 aliphatic carbocycles. The molecule has 0 bridgehead atoms. The highest BCUT2D eigenvalue weighted by Crippen LogP contribution is 2.18. The van der Waals surface area contributed by atoms with Crippen molar-refractivity contribution in [1.29, 1.82) is 0 Å². The second-order valence-corrected chi connectivity index (χ2v) is 5.21. The Hall–Kier alpha value is -1.59. The molecular formula is C15H22N2O3. The fraction of sp³-hybridized carbons (Fsp3) is 0.533. The quantitative estimate of drug-likeness (QED) is 0.649. The number of carbonyl (C=O) groups is 1. The SMILES string of the molecule is CCOc1ccc(OC(=O)CN2CC(C)C(N)C2)cc1. The minimum atomic E-state index is -0.254. The molecule has 0 spiro atoms. The lowest BCUT2D eigenvalue weighted by molar-refractivity contribution is -0.135. The smallest absolute Gasteiger partial charge is 0.325 e. The number of carbonyl (C=O) groups excluding carboxylic acids is 1. The second-order valence-electron chi connectivity index (χ2n) is 5.21. The van der Waals surface area contributed by atoms with E-state index in [0.29, 0.717) is 18.3 Å². The minimum absolute atomic E-state index is 0.147. The Kier molecular flexibility index (Phi) is 4.98. The van der Waals surface area contributed by atoms with Crippen LogP contribution in [0.1, 0.15) is 13.8 Å². The van der Waals surface area contributed by atoms with Gasteiger partial charge >= 0.3 is 5.97 Å². The van der Waals surface area contributed by atoms with Crippen LogP contribution in [0.4, 0.5) is 0 Å². The van der Waals surface area contributed by atoms with Crippen LogP contribution in [0.3, 0.4) is 0 Å². The van der Waals surface area contributed by atoms with Crippen LogP contribution in [0.5, 0.6) is 11.5 Å². The van der Waals surface area contributed by atoms with Crippen LogP contribution in [0.2, 0.25) is 0 Å². The van der Waals surface area contributed by atoms with E-state index in [-0.39, 0.29) is 18.6 Å². The lowest BCUT2D eigenvalue weighted by Crippen LogP contribution is -2.33. The number of hydrogen-bond acceptors (Lipinski definition) is 5. The first kappa shape index (κ1) is 14.8. The Morgan fingerprint density at radius 1 is 1.30 bits per heavy atom. The topological polar surface area (TPSA) is 64.8 Å². The van der Waals surface area contributed by atoms with Crippen LogP contribution >= 0.6 is 0 Å². The molecule has 0 saturated carbocycles.